The molecule has 2 aromatic rings. The fourth-order valence-electron chi connectivity index (χ4n) is 7.85. The van der Waals surface area contributed by atoms with Crippen LogP contribution in [0.15, 0.2) is 155 Å². The lowest BCUT2D eigenvalue weighted by molar-refractivity contribution is -0.140. The second-order valence-corrected chi connectivity index (χ2v) is 17.3. The molecule has 8 nitrogen and oxygen atoms in total. The Kier molecular flexibility index (Phi) is 13.9. The molecule has 8 heteroatoms. The van der Waals surface area contributed by atoms with Crippen molar-refractivity contribution in [1.29, 1.82) is 0 Å². The van der Waals surface area contributed by atoms with E-state index in [-0.39, 0.29) is 43.3 Å². The predicted octanol–water partition coefficient (Wildman–Crippen LogP) is 9.24. The minimum absolute atomic E-state index is 0.132. The third-order valence-corrected chi connectivity index (χ3v) is 12.5. The van der Waals surface area contributed by atoms with E-state index in [9.17, 15) is 0 Å². The minimum Gasteiger partial charge on any atom is -0.308 e. The van der Waals surface area contributed by atoms with Gasteiger partial charge in [-0.05, 0) is 82.0 Å². The van der Waals surface area contributed by atoms with E-state index in [2.05, 4.69) is 86.8 Å². The number of fused-ring (bicyclic) bond motifs is 2. The fraction of sp³-hybridized carbons (Fsp3) is 0.263. The molecule has 65 heavy (non-hydrogen) atoms. The summed E-state index contributed by atoms with van der Waals surface area (Å²) in [6.45, 7) is 36.8. The van der Waals surface area contributed by atoms with Crippen LogP contribution in [-0.2, 0) is 25.7 Å². The van der Waals surface area contributed by atoms with Gasteiger partial charge in [-0.15, -0.1) is 0 Å². The number of carbonyl (C=O) groups is 4. The van der Waals surface area contributed by atoms with Crippen LogP contribution in [0.5, 0.6) is 0 Å². The number of carbonyl (C=O) groups excluding carboxylic acids is 4. The smallest absolute Gasteiger partial charge is 0.227 e. The Bertz CT molecular complexity index is 2710. The molecule has 0 saturated heterocycles. The van der Waals surface area contributed by atoms with E-state index in [1.54, 1.807) is 4.90 Å². The van der Waals surface area contributed by atoms with E-state index in [0.717, 1.165) is 44.6 Å². The van der Waals surface area contributed by atoms with Gasteiger partial charge in [0.05, 0.1) is 29.3 Å². The summed E-state index contributed by atoms with van der Waals surface area (Å²) in [4.78, 5) is 67.6. The maximum atomic E-state index is 15.6. The molecule has 0 atom stereocenters. The van der Waals surface area contributed by atoms with E-state index >= 15 is 19.2 Å². The van der Waals surface area contributed by atoms with Gasteiger partial charge in [0, 0.05) is 95.3 Å². The standard InChI is InChI=1S/C57H54N4O4/c1-37-21-24-40(4)46(10)58(33-43(37)7)53(62)29-57(30-54(63)59-34-44(8)38(2)22-25-41(5)47(59)11,31-55(64)60-35-45(9)39(3)23-26-42(6)48(60)12)32-56(65)61-36-51-19-14-13-17-49(51)27-28-50-18-15-16-20-52(50)61/h13-20H,4-6,10-12,29-36H2,1-3,7-9H3/b43-37-,44-38-,45-39-. The number of para-hydroxylation sites is 1. The largest absolute Gasteiger partial charge is 0.308 e. The van der Waals surface area contributed by atoms with Gasteiger partial charge in [0.15, 0.2) is 0 Å². The molecular weight excluding hydrogens is 805 g/mol. The highest BCUT2D eigenvalue weighted by Gasteiger charge is 2.45. The average Bonchev–Trinajstić information content (AvgIpc) is 3.27. The number of rotatable bonds is 8. The Balaban J connectivity index is 1.55. The molecule has 6 rings (SSSR count). The third-order valence-electron chi connectivity index (χ3n) is 12.5. The second kappa shape index (κ2) is 19.3. The molecule has 0 radical (unpaired) electrons. The van der Waals surface area contributed by atoms with Gasteiger partial charge in [0.1, 0.15) is 0 Å². The van der Waals surface area contributed by atoms with E-state index < -0.39 is 54.7 Å². The van der Waals surface area contributed by atoms with E-state index in [1.807, 2.05) is 90.1 Å². The summed E-state index contributed by atoms with van der Waals surface area (Å²) in [6, 6.07) is 15.0. The lowest BCUT2D eigenvalue weighted by atomic mass is 9.73. The van der Waals surface area contributed by atoms with Crippen LogP contribution in [-0.4, -0.2) is 58.0 Å². The van der Waals surface area contributed by atoms with Gasteiger partial charge >= 0.3 is 0 Å². The lowest BCUT2D eigenvalue weighted by Gasteiger charge is -2.39. The SMILES string of the molecule is C=C1C#C/C(C)=C(/C)CN(C(=O)CC(CC(=O)N2C/C(C)=C(/C)C#CC(=C)C2=C)(CC(=O)N2C/C(C)=C(/C)C#CC(=C)C2=C)CC(=O)N2Cc3ccccc3C#Cc3ccccc32)C1=C. The van der Waals surface area contributed by atoms with Crippen LogP contribution in [0, 0.1) is 52.8 Å². The van der Waals surface area contributed by atoms with Crippen LogP contribution in [0.25, 0.3) is 0 Å². The van der Waals surface area contributed by atoms with Crippen LogP contribution in [0.3, 0.4) is 0 Å². The molecule has 0 unspecified atom stereocenters. The molecular formula is C57H54N4O4. The zero-order valence-corrected chi connectivity index (χ0v) is 38.4. The highest BCUT2D eigenvalue weighted by atomic mass is 16.2. The molecule has 4 heterocycles. The van der Waals surface area contributed by atoms with Gasteiger partial charge in [-0.25, -0.2) is 0 Å². The molecule has 0 spiro atoms. The monoisotopic (exact) mass is 858 g/mol. The Morgan fingerprint density at radius 2 is 0.785 bits per heavy atom. The zero-order valence-electron chi connectivity index (χ0n) is 38.4. The van der Waals surface area contributed by atoms with Crippen molar-refractivity contribution in [2.75, 3.05) is 24.5 Å². The number of benzene rings is 2. The molecule has 0 bridgehead atoms. The summed E-state index contributed by atoms with van der Waals surface area (Å²) in [5.74, 6) is 23.0. The van der Waals surface area contributed by atoms with Crippen molar-refractivity contribution < 1.29 is 19.2 Å². The van der Waals surface area contributed by atoms with Gasteiger partial charge in [0.2, 0.25) is 23.6 Å². The van der Waals surface area contributed by atoms with Gasteiger partial charge in [0.25, 0.3) is 0 Å². The van der Waals surface area contributed by atoms with Crippen molar-refractivity contribution in [2.24, 2.45) is 5.41 Å². The molecule has 4 aliphatic rings. The summed E-state index contributed by atoms with van der Waals surface area (Å²) in [7, 11) is 0. The van der Waals surface area contributed by atoms with Gasteiger partial charge in [-0.1, -0.05) is 117 Å². The maximum Gasteiger partial charge on any atom is 0.227 e. The molecule has 0 N–H and O–H groups in total. The fourth-order valence-corrected chi connectivity index (χ4v) is 7.85. The first-order chi connectivity index (χ1) is 30.8. The van der Waals surface area contributed by atoms with Crippen LogP contribution in [0.4, 0.5) is 5.69 Å². The van der Waals surface area contributed by atoms with Gasteiger partial charge < -0.3 is 19.6 Å². The van der Waals surface area contributed by atoms with Crippen LogP contribution >= 0.6 is 0 Å². The number of amides is 4. The summed E-state index contributed by atoms with van der Waals surface area (Å²) in [6.07, 6.45) is -1.66. The summed E-state index contributed by atoms with van der Waals surface area (Å²) < 4.78 is 0. The van der Waals surface area contributed by atoms with Crippen molar-refractivity contribution in [3.8, 4) is 47.4 Å². The Morgan fingerprint density at radius 3 is 1.20 bits per heavy atom. The van der Waals surface area contributed by atoms with E-state index in [1.165, 1.54) is 14.7 Å². The Morgan fingerprint density at radius 1 is 0.446 bits per heavy atom. The number of nitrogens with zero attached hydrogens (tertiary/aromatic N) is 4. The zero-order chi connectivity index (χ0) is 47.3. The molecule has 2 aromatic carbocycles. The maximum absolute atomic E-state index is 15.6. The predicted molar refractivity (Wildman–Crippen MR) is 259 cm³/mol. The second-order valence-electron chi connectivity index (χ2n) is 17.3. The van der Waals surface area contributed by atoms with Crippen molar-refractivity contribution in [1.82, 2.24) is 14.7 Å². The number of anilines is 1. The molecule has 0 saturated carbocycles. The Labute approximate surface area is 384 Å². The quantitative estimate of drug-likeness (QED) is 0.248. The van der Waals surface area contributed by atoms with Crippen LogP contribution in [0.1, 0.15) is 83.9 Å². The molecule has 4 aliphatic heterocycles. The molecule has 4 amide bonds. The van der Waals surface area contributed by atoms with Gasteiger partial charge in [-0.3, -0.25) is 19.2 Å². The lowest BCUT2D eigenvalue weighted by Crippen LogP contribution is -2.46. The van der Waals surface area contributed by atoms with Crippen molar-refractivity contribution >= 4 is 29.3 Å². The first-order valence-corrected chi connectivity index (χ1v) is 21.4. The number of hydrogen-bond donors (Lipinski definition) is 0. The third kappa shape index (κ3) is 10.4. The van der Waals surface area contributed by atoms with Crippen molar-refractivity contribution in [2.45, 2.75) is 73.8 Å². The Hall–Kier alpha value is -7.78. The van der Waals surface area contributed by atoms with Gasteiger partial charge in [-0.2, -0.15) is 0 Å². The van der Waals surface area contributed by atoms with E-state index in [4.69, 9.17) is 0 Å². The highest BCUT2D eigenvalue weighted by Crippen LogP contribution is 2.42. The number of allylic oxidation sites excluding steroid dienone is 6. The van der Waals surface area contributed by atoms with Crippen molar-refractivity contribution in [3.05, 3.63) is 172 Å². The normalized spacial score (nSPS) is 19.9. The first kappa shape index (κ1) is 46.7. The molecule has 326 valence electrons. The summed E-state index contributed by atoms with van der Waals surface area (Å²) in [5.41, 5.74) is 7.80. The first-order valence-electron chi connectivity index (χ1n) is 21.4. The molecule has 0 aromatic heterocycles. The number of hydrogen-bond acceptors (Lipinski definition) is 4. The molecule has 0 fully saturated rings. The van der Waals surface area contributed by atoms with E-state index in [0.29, 0.717) is 28.0 Å². The van der Waals surface area contributed by atoms with Crippen molar-refractivity contribution in [3.63, 3.8) is 0 Å². The summed E-state index contributed by atoms with van der Waals surface area (Å²) >= 11 is 0. The minimum atomic E-state index is -1.67. The highest BCUT2D eigenvalue weighted by molar-refractivity contribution is 5.97. The average molecular weight is 859 g/mol. The van der Waals surface area contributed by atoms with Crippen LogP contribution in [0.2, 0.25) is 0 Å². The summed E-state index contributed by atoms with van der Waals surface area (Å²) in [5, 5.41) is 0. The topological polar surface area (TPSA) is 81.2 Å². The molecule has 0 aliphatic carbocycles. The van der Waals surface area contributed by atoms with Crippen LogP contribution < -0.4 is 4.90 Å².